The maximum absolute atomic E-state index is 12.5. The monoisotopic (exact) mass is 378 g/mol. The zero-order chi connectivity index (χ0) is 19.2. The summed E-state index contributed by atoms with van der Waals surface area (Å²) in [6, 6.07) is 15.4. The molecule has 1 aromatic heterocycles. The van der Waals surface area contributed by atoms with E-state index in [0.717, 1.165) is 44.1 Å². The second kappa shape index (κ2) is 8.73. The van der Waals surface area contributed by atoms with E-state index in [1.54, 1.807) is 16.8 Å². The van der Waals surface area contributed by atoms with Gasteiger partial charge in [0.25, 0.3) is 5.91 Å². The summed E-state index contributed by atoms with van der Waals surface area (Å²) in [6.07, 6.45) is 1.51. The van der Waals surface area contributed by atoms with Crippen LogP contribution in [0, 0.1) is 0 Å². The molecule has 2 heterocycles. The first-order chi connectivity index (χ1) is 13.8. The van der Waals surface area contributed by atoms with Crippen LogP contribution in [0.4, 0.5) is 0 Å². The first-order valence-corrected chi connectivity index (χ1v) is 9.28. The summed E-state index contributed by atoms with van der Waals surface area (Å²) in [6.45, 7) is 4.80. The zero-order valence-corrected chi connectivity index (χ0v) is 15.5. The molecule has 1 aliphatic heterocycles. The van der Waals surface area contributed by atoms with Crippen molar-refractivity contribution < 1.29 is 9.53 Å². The molecular weight excluding hydrogens is 356 g/mol. The molecule has 0 unspecified atom stereocenters. The van der Waals surface area contributed by atoms with Gasteiger partial charge in [-0.3, -0.25) is 9.69 Å². The number of nitrogens with one attached hydrogen (secondary N) is 1. The van der Waals surface area contributed by atoms with Crippen molar-refractivity contribution in [2.24, 2.45) is 0 Å². The fraction of sp³-hybridized carbons (Fsp3) is 0.300. The first kappa shape index (κ1) is 18.3. The number of aromatic nitrogens is 4. The first-order valence-electron chi connectivity index (χ1n) is 9.28. The molecule has 1 aliphatic rings. The number of ether oxygens (including phenoxy) is 1. The second-order valence-corrected chi connectivity index (χ2v) is 6.64. The summed E-state index contributed by atoms with van der Waals surface area (Å²) in [5.41, 5.74) is 3.77. The molecule has 0 saturated carbocycles. The van der Waals surface area contributed by atoms with Gasteiger partial charge in [-0.2, -0.15) is 0 Å². The van der Waals surface area contributed by atoms with Crippen LogP contribution in [0.5, 0.6) is 0 Å². The molecule has 144 valence electrons. The van der Waals surface area contributed by atoms with Crippen LogP contribution in [0.1, 0.15) is 21.5 Å². The molecule has 0 spiro atoms. The average molecular weight is 378 g/mol. The molecule has 4 rings (SSSR count). The van der Waals surface area contributed by atoms with Gasteiger partial charge in [-0.05, 0) is 45.8 Å². The summed E-state index contributed by atoms with van der Waals surface area (Å²) < 4.78 is 6.96. The van der Waals surface area contributed by atoms with Gasteiger partial charge in [-0.15, -0.1) is 5.10 Å². The van der Waals surface area contributed by atoms with Gasteiger partial charge in [-0.1, -0.05) is 24.3 Å². The Hall–Kier alpha value is -3.10. The number of hydrogen-bond acceptors (Lipinski definition) is 6. The lowest BCUT2D eigenvalue weighted by molar-refractivity contribution is 0.0340. The largest absolute Gasteiger partial charge is 0.379 e. The van der Waals surface area contributed by atoms with E-state index in [1.165, 1.54) is 11.9 Å². The molecule has 8 nitrogen and oxygen atoms in total. The van der Waals surface area contributed by atoms with E-state index in [2.05, 4.69) is 37.9 Å². The Morgan fingerprint density at radius 2 is 1.79 bits per heavy atom. The van der Waals surface area contributed by atoms with Gasteiger partial charge in [0.15, 0.2) is 0 Å². The molecule has 28 heavy (non-hydrogen) atoms. The molecule has 0 atom stereocenters. The van der Waals surface area contributed by atoms with Gasteiger partial charge in [0.2, 0.25) is 0 Å². The van der Waals surface area contributed by atoms with E-state index < -0.39 is 0 Å². The number of tetrazole rings is 1. The lowest BCUT2D eigenvalue weighted by Gasteiger charge is -2.27. The Kier molecular flexibility index (Phi) is 5.69. The number of morpholine rings is 1. The minimum atomic E-state index is -0.107. The molecule has 1 amide bonds. The number of carbonyl (C=O) groups excluding carboxylic acids is 1. The van der Waals surface area contributed by atoms with Crippen molar-refractivity contribution in [2.45, 2.75) is 13.1 Å². The lowest BCUT2D eigenvalue weighted by atomic mass is 10.1. The van der Waals surface area contributed by atoms with Gasteiger partial charge in [0, 0.05) is 31.7 Å². The summed E-state index contributed by atoms with van der Waals surface area (Å²) in [5, 5.41) is 14.1. The van der Waals surface area contributed by atoms with Crippen LogP contribution in [0.25, 0.3) is 5.69 Å². The van der Waals surface area contributed by atoms with E-state index >= 15 is 0 Å². The van der Waals surface area contributed by atoms with E-state index in [4.69, 9.17) is 4.74 Å². The molecular formula is C20H22N6O2. The summed E-state index contributed by atoms with van der Waals surface area (Å²) >= 11 is 0. The van der Waals surface area contributed by atoms with Gasteiger partial charge in [-0.25, -0.2) is 4.68 Å². The van der Waals surface area contributed by atoms with Crippen LogP contribution >= 0.6 is 0 Å². The average Bonchev–Trinajstić information content (AvgIpc) is 3.29. The van der Waals surface area contributed by atoms with Crippen molar-refractivity contribution in [2.75, 3.05) is 26.3 Å². The molecule has 1 saturated heterocycles. The highest BCUT2D eigenvalue weighted by molar-refractivity contribution is 5.94. The molecule has 8 heteroatoms. The number of rotatable bonds is 6. The van der Waals surface area contributed by atoms with Gasteiger partial charge in [0.05, 0.1) is 18.9 Å². The number of carbonyl (C=O) groups is 1. The molecule has 2 aromatic carbocycles. The maximum atomic E-state index is 12.5. The Labute approximate surface area is 163 Å². The SMILES string of the molecule is O=C(NCc1ccccc1CN1CCOCC1)c1ccc(-n2cnnn2)cc1. The third kappa shape index (κ3) is 4.41. The van der Waals surface area contributed by atoms with E-state index in [0.29, 0.717) is 12.1 Å². The molecule has 0 radical (unpaired) electrons. The van der Waals surface area contributed by atoms with E-state index in [-0.39, 0.29) is 5.91 Å². The molecule has 1 fully saturated rings. The van der Waals surface area contributed by atoms with Crippen molar-refractivity contribution in [3.8, 4) is 5.69 Å². The number of benzene rings is 2. The van der Waals surface area contributed by atoms with Gasteiger partial charge < -0.3 is 10.1 Å². The number of amides is 1. The topological polar surface area (TPSA) is 85.2 Å². The van der Waals surface area contributed by atoms with Crippen LogP contribution in [0.15, 0.2) is 54.9 Å². The predicted molar refractivity (Wildman–Crippen MR) is 103 cm³/mol. The van der Waals surface area contributed by atoms with Crippen LogP contribution < -0.4 is 5.32 Å². The lowest BCUT2D eigenvalue weighted by Crippen LogP contribution is -2.36. The van der Waals surface area contributed by atoms with Crippen LogP contribution in [0.3, 0.4) is 0 Å². The van der Waals surface area contributed by atoms with Crippen molar-refractivity contribution in [3.05, 3.63) is 71.5 Å². The number of hydrogen-bond donors (Lipinski definition) is 1. The normalized spacial score (nSPS) is 14.7. The van der Waals surface area contributed by atoms with Crippen molar-refractivity contribution >= 4 is 5.91 Å². The highest BCUT2D eigenvalue weighted by Gasteiger charge is 2.13. The summed E-state index contributed by atoms with van der Waals surface area (Å²) in [7, 11) is 0. The van der Waals surface area contributed by atoms with E-state index in [9.17, 15) is 4.79 Å². The van der Waals surface area contributed by atoms with Crippen molar-refractivity contribution in [1.82, 2.24) is 30.4 Å². The van der Waals surface area contributed by atoms with Crippen molar-refractivity contribution in [3.63, 3.8) is 0 Å². The predicted octanol–water partition coefficient (Wildman–Crippen LogP) is 1.42. The third-order valence-corrected chi connectivity index (χ3v) is 4.80. The third-order valence-electron chi connectivity index (χ3n) is 4.80. The highest BCUT2D eigenvalue weighted by atomic mass is 16.5. The molecule has 1 N–H and O–H groups in total. The van der Waals surface area contributed by atoms with E-state index in [1.807, 2.05) is 24.3 Å². The second-order valence-electron chi connectivity index (χ2n) is 6.64. The highest BCUT2D eigenvalue weighted by Crippen LogP contribution is 2.14. The Morgan fingerprint density at radius 3 is 2.50 bits per heavy atom. The van der Waals surface area contributed by atoms with Crippen LogP contribution in [-0.4, -0.2) is 57.3 Å². The fourth-order valence-corrected chi connectivity index (χ4v) is 3.21. The molecule has 0 bridgehead atoms. The minimum absolute atomic E-state index is 0.107. The Balaban J connectivity index is 1.38. The fourth-order valence-electron chi connectivity index (χ4n) is 3.21. The van der Waals surface area contributed by atoms with Crippen LogP contribution in [0.2, 0.25) is 0 Å². The Morgan fingerprint density at radius 1 is 1.04 bits per heavy atom. The van der Waals surface area contributed by atoms with Crippen LogP contribution in [-0.2, 0) is 17.8 Å². The maximum Gasteiger partial charge on any atom is 0.251 e. The summed E-state index contributed by atoms with van der Waals surface area (Å²) in [4.78, 5) is 14.9. The minimum Gasteiger partial charge on any atom is -0.379 e. The Bertz CT molecular complexity index is 905. The standard InChI is InChI=1S/C20H22N6O2/c27-20(16-5-7-19(8-6-16)26-15-22-23-24-26)21-13-17-3-1-2-4-18(17)14-25-9-11-28-12-10-25/h1-8,15H,9-14H2,(H,21,27). The van der Waals surface area contributed by atoms with Crippen molar-refractivity contribution in [1.29, 1.82) is 0 Å². The summed E-state index contributed by atoms with van der Waals surface area (Å²) in [5.74, 6) is -0.107. The molecule has 3 aromatic rings. The molecule has 0 aliphatic carbocycles. The number of nitrogens with zero attached hydrogens (tertiary/aromatic N) is 5. The zero-order valence-electron chi connectivity index (χ0n) is 15.5. The van der Waals surface area contributed by atoms with Gasteiger partial charge >= 0.3 is 0 Å². The van der Waals surface area contributed by atoms with Gasteiger partial charge in [0.1, 0.15) is 6.33 Å². The quantitative estimate of drug-likeness (QED) is 0.698. The smallest absolute Gasteiger partial charge is 0.251 e.